The Morgan fingerprint density at radius 1 is 0.952 bits per heavy atom. The molecule has 2 aromatic heterocycles. The van der Waals surface area contributed by atoms with Crippen LogP contribution in [0.2, 0.25) is 0 Å². The van der Waals surface area contributed by atoms with Gasteiger partial charge >= 0.3 is 6.03 Å². The summed E-state index contributed by atoms with van der Waals surface area (Å²) >= 11 is 0. The molecule has 21 heavy (non-hydrogen) atoms. The Balaban J connectivity index is 1.68. The van der Waals surface area contributed by atoms with E-state index in [1.807, 2.05) is 36.4 Å². The smallest absolute Gasteiger partial charge is 0.320 e. The second-order valence-corrected chi connectivity index (χ2v) is 4.51. The number of urea groups is 1. The van der Waals surface area contributed by atoms with Gasteiger partial charge in [0.1, 0.15) is 5.82 Å². The molecular weight excluding hydrogens is 264 g/mol. The topological polar surface area (TPSA) is 66.9 Å². The first-order valence-electron chi connectivity index (χ1n) is 6.61. The SMILES string of the molecule is O=C(NCc1ccnc2ccccc12)Nc1ccccn1. The van der Waals surface area contributed by atoms with Crippen LogP contribution < -0.4 is 10.6 Å². The van der Waals surface area contributed by atoms with Gasteiger partial charge in [-0.3, -0.25) is 10.3 Å². The first-order chi connectivity index (χ1) is 10.3. The molecule has 0 bridgehead atoms. The molecule has 3 aromatic rings. The highest BCUT2D eigenvalue weighted by molar-refractivity contribution is 5.88. The van der Waals surface area contributed by atoms with Crippen molar-refractivity contribution < 1.29 is 4.79 Å². The summed E-state index contributed by atoms with van der Waals surface area (Å²) in [6, 6.07) is 14.8. The normalized spacial score (nSPS) is 10.3. The molecular formula is C16H14N4O. The molecule has 0 fully saturated rings. The number of nitrogens with one attached hydrogen (secondary N) is 2. The molecule has 0 saturated carbocycles. The number of carbonyl (C=O) groups is 1. The van der Waals surface area contributed by atoms with Gasteiger partial charge in [-0.05, 0) is 29.8 Å². The van der Waals surface area contributed by atoms with Crippen LogP contribution in [0.5, 0.6) is 0 Å². The average molecular weight is 278 g/mol. The molecule has 5 heteroatoms. The molecule has 0 aliphatic rings. The molecule has 1 aromatic carbocycles. The molecule has 3 rings (SSSR count). The van der Waals surface area contributed by atoms with Crippen molar-refractivity contribution >= 4 is 22.8 Å². The van der Waals surface area contributed by atoms with Crippen LogP contribution in [0.4, 0.5) is 10.6 Å². The van der Waals surface area contributed by atoms with Gasteiger partial charge < -0.3 is 5.32 Å². The minimum absolute atomic E-state index is 0.283. The summed E-state index contributed by atoms with van der Waals surface area (Å²) in [6.45, 7) is 0.432. The van der Waals surface area contributed by atoms with Crippen LogP contribution in [-0.2, 0) is 6.54 Å². The number of rotatable bonds is 3. The number of carbonyl (C=O) groups excluding carboxylic acids is 1. The molecule has 0 saturated heterocycles. The molecule has 0 atom stereocenters. The van der Waals surface area contributed by atoms with E-state index in [1.54, 1.807) is 24.5 Å². The number of aromatic nitrogens is 2. The zero-order chi connectivity index (χ0) is 14.5. The molecule has 0 spiro atoms. The van der Waals surface area contributed by atoms with Crippen molar-refractivity contribution in [1.82, 2.24) is 15.3 Å². The van der Waals surface area contributed by atoms with Crippen molar-refractivity contribution in [3.05, 3.63) is 66.5 Å². The zero-order valence-electron chi connectivity index (χ0n) is 11.3. The molecule has 2 heterocycles. The van der Waals surface area contributed by atoms with E-state index >= 15 is 0 Å². The van der Waals surface area contributed by atoms with Crippen molar-refractivity contribution in [3.63, 3.8) is 0 Å². The van der Waals surface area contributed by atoms with Gasteiger partial charge in [0, 0.05) is 24.3 Å². The predicted octanol–water partition coefficient (Wildman–Crippen LogP) is 2.95. The van der Waals surface area contributed by atoms with Crippen LogP contribution in [0.3, 0.4) is 0 Å². The fraction of sp³-hybridized carbons (Fsp3) is 0.0625. The first kappa shape index (κ1) is 13.1. The number of nitrogens with zero attached hydrogens (tertiary/aromatic N) is 2. The fourth-order valence-electron chi connectivity index (χ4n) is 2.08. The third kappa shape index (κ3) is 3.14. The number of pyridine rings is 2. The molecule has 2 amide bonds. The van der Waals surface area contributed by atoms with Crippen molar-refractivity contribution in [2.45, 2.75) is 6.54 Å². The van der Waals surface area contributed by atoms with Gasteiger partial charge in [0.25, 0.3) is 0 Å². The predicted molar refractivity (Wildman–Crippen MR) is 81.8 cm³/mol. The summed E-state index contributed by atoms with van der Waals surface area (Å²) in [6.07, 6.45) is 3.38. The second-order valence-electron chi connectivity index (χ2n) is 4.51. The number of fused-ring (bicyclic) bond motifs is 1. The van der Waals surface area contributed by atoms with Crippen molar-refractivity contribution in [2.75, 3.05) is 5.32 Å². The highest BCUT2D eigenvalue weighted by atomic mass is 16.2. The molecule has 104 valence electrons. The van der Waals surface area contributed by atoms with Crippen LogP contribution in [0.1, 0.15) is 5.56 Å². The van der Waals surface area contributed by atoms with E-state index in [0.29, 0.717) is 12.4 Å². The summed E-state index contributed by atoms with van der Waals surface area (Å²) < 4.78 is 0. The maximum Gasteiger partial charge on any atom is 0.320 e. The van der Waals surface area contributed by atoms with E-state index in [2.05, 4.69) is 20.6 Å². The quantitative estimate of drug-likeness (QED) is 0.774. The van der Waals surface area contributed by atoms with E-state index < -0.39 is 0 Å². The fourth-order valence-corrected chi connectivity index (χ4v) is 2.08. The largest absolute Gasteiger partial charge is 0.334 e. The van der Waals surface area contributed by atoms with E-state index in [9.17, 15) is 4.79 Å². The van der Waals surface area contributed by atoms with Crippen LogP contribution in [0.15, 0.2) is 60.9 Å². The van der Waals surface area contributed by atoms with Gasteiger partial charge in [-0.1, -0.05) is 24.3 Å². The summed E-state index contributed by atoms with van der Waals surface area (Å²) in [7, 11) is 0. The van der Waals surface area contributed by atoms with Gasteiger partial charge in [-0.25, -0.2) is 9.78 Å². The minimum Gasteiger partial charge on any atom is -0.334 e. The molecule has 0 aliphatic carbocycles. The number of para-hydroxylation sites is 1. The lowest BCUT2D eigenvalue weighted by Crippen LogP contribution is -2.28. The standard InChI is InChI=1S/C16H14N4O/c21-16(20-15-7-3-4-9-18-15)19-11-12-8-10-17-14-6-2-1-5-13(12)14/h1-10H,11H2,(H2,18,19,20,21). The lowest BCUT2D eigenvalue weighted by atomic mass is 10.1. The third-order valence-electron chi connectivity index (χ3n) is 3.09. The second kappa shape index (κ2) is 6.00. The van der Waals surface area contributed by atoms with Gasteiger partial charge in [0.2, 0.25) is 0 Å². The third-order valence-corrected chi connectivity index (χ3v) is 3.09. The van der Waals surface area contributed by atoms with Gasteiger partial charge in [-0.2, -0.15) is 0 Å². The van der Waals surface area contributed by atoms with Crippen molar-refractivity contribution in [2.24, 2.45) is 0 Å². The summed E-state index contributed by atoms with van der Waals surface area (Å²) in [5.41, 5.74) is 1.94. The van der Waals surface area contributed by atoms with Gasteiger partial charge in [0.05, 0.1) is 5.52 Å². The van der Waals surface area contributed by atoms with Crippen LogP contribution in [0.25, 0.3) is 10.9 Å². The molecule has 0 radical (unpaired) electrons. The Kier molecular flexibility index (Phi) is 3.73. The van der Waals surface area contributed by atoms with E-state index in [4.69, 9.17) is 0 Å². The lowest BCUT2D eigenvalue weighted by molar-refractivity contribution is 0.251. The van der Waals surface area contributed by atoms with Crippen LogP contribution >= 0.6 is 0 Å². The number of amides is 2. The van der Waals surface area contributed by atoms with Crippen molar-refractivity contribution in [3.8, 4) is 0 Å². The maximum atomic E-state index is 11.8. The highest BCUT2D eigenvalue weighted by Crippen LogP contribution is 2.15. The maximum absolute atomic E-state index is 11.8. The molecule has 2 N–H and O–H groups in total. The molecule has 5 nitrogen and oxygen atoms in total. The average Bonchev–Trinajstić information content (AvgIpc) is 2.54. The number of anilines is 1. The minimum atomic E-state index is -0.283. The van der Waals surface area contributed by atoms with E-state index in [-0.39, 0.29) is 6.03 Å². The zero-order valence-corrected chi connectivity index (χ0v) is 11.3. The first-order valence-corrected chi connectivity index (χ1v) is 6.61. The highest BCUT2D eigenvalue weighted by Gasteiger charge is 2.05. The van der Waals surface area contributed by atoms with Crippen LogP contribution in [-0.4, -0.2) is 16.0 Å². The number of hydrogen-bond donors (Lipinski definition) is 2. The Morgan fingerprint density at radius 2 is 1.81 bits per heavy atom. The molecule has 0 unspecified atom stereocenters. The Hall–Kier alpha value is -2.95. The van der Waals surface area contributed by atoms with Crippen LogP contribution in [0, 0.1) is 0 Å². The Bertz CT molecular complexity index is 753. The summed E-state index contributed by atoms with van der Waals surface area (Å²) in [5.74, 6) is 0.523. The van der Waals surface area contributed by atoms with E-state index in [1.165, 1.54) is 0 Å². The van der Waals surface area contributed by atoms with Crippen molar-refractivity contribution in [1.29, 1.82) is 0 Å². The van der Waals surface area contributed by atoms with Gasteiger partial charge in [-0.15, -0.1) is 0 Å². The molecule has 0 aliphatic heterocycles. The van der Waals surface area contributed by atoms with E-state index in [0.717, 1.165) is 16.5 Å². The lowest BCUT2D eigenvalue weighted by Gasteiger charge is -2.09. The number of benzene rings is 1. The Labute approximate surface area is 122 Å². The monoisotopic (exact) mass is 278 g/mol. The number of hydrogen-bond acceptors (Lipinski definition) is 3. The summed E-state index contributed by atoms with van der Waals surface area (Å²) in [5, 5.41) is 6.55. The summed E-state index contributed by atoms with van der Waals surface area (Å²) in [4.78, 5) is 20.2. The Morgan fingerprint density at radius 3 is 2.67 bits per heavy atom. The van der Waals surface area contributed by atoms with Gasteiger partial charge in [0.15, 0.2) is 0 Å².